The summed E-state index contributed by atoms with van der Waals surface area (Å²) in [6, 6.07) is 0. The first-order valence-corrected chi connectivity index (χ1v) is 6.65. The zero-order valence-electron chi connectivity index (χ0n) is 11.5. The third-order valence-electron chi connectivity index (χ3n) is 2.73. The lowest BCUT2D eigenvalue weighted by Gasteiger charge is -2.29. The molecule has 0 aromatic carbocycles. The number of aliphatic hydroxyl groups is 1. The summed E-state index contributed by atoms with van der Waals surface area (Å²) in [6.45, 7) is 5.85. The Morgan fingerprint density at radius 2 is 1.78 bits per heavy atom. The highest BCUT2D eigenvalue weighted by Gasteiger charge is 2.19. The van der Waals surface area contributed by atoms with Crippen molar-refractivity contribution in [2.75, 3.05) is 13.1 Å². The summed E-state index contributed by atoms with van der Waals surface area (Å²) < 4.78 is 4.61. The highest BCUT2D eigenvalue weighted by atomic mass is 16.6. The summed E-state index contributed by atoms with van der Waals surface area (Å²) in [6.07, 6.45) is 1.89. The van der Waals surface area contributed by atoms with Gasteiger partial charge in [-0.15, -0.1) is 0 Å². The van der Waals surface area contributed by atoms with E-state index in [4.69, 9.17) is 11.5 Å². The first-order chi connectivity index (χ1) is 8.51. The van der Waals surface area contributed by atoms with Gasteiger partial charge in [0.25, 0.3) is 0 Å². The van der Waals surface area contributed by atoms with Crippen LogP contribution < -0.4 is 11.5 Å². The number of ether oxygens (including phenoxy) is 1. The lowest BCUT2D eigenvalue weighted by molar-refractivity contribution is -0.0333. The summed E-state index contributed by atoms with van der Waals surface area (Å²) in [5.41, 5.74) is 10.4. The minimum Gasteiger partial charge on any atom is -0.431 e. The second-order valence-corrected chi connectivity index (χ2v) is 4.43. The third-order valence-corrected chi connectivity index (χ3v) is 2.73. The number of carbonyl (C=O) groups is 1. The first kappa shape index (κ1) is 17.2. The van der Waals surface area contributed by atoms with Crippen molar-refractivity contribution in [3.05, 3.63) is 0 Å². The maximum atomic E-state index is 10.5. The number of amides is 1. The largest absolute Gasteiger partial charge is 0.431 e. The minimum atomic E-state index is -0.914. The molecule has 5 N–H and O–H groups in total. The van der Waals surface area contributed by atoms with Crippen LogP contribution >= 0.6 is 0 Å². The Morgan fingerprint density at radius 1 is 1.28 bits per heavy atom. The third kappa shape index (κ3) is 8.27. The molecule has 0 aromatic rings. The number of unbranched alkanes of at least 4 members (excludes halogenated alkanes) is 2. The van der Waals surface area contributed by atoms with Crippen LogP contribution in [0.2, 0.25) is 0 Å². The number of hydrogen-bond donors (Lipinski definition) is 3. The molecule has 0 saturated carbocycles. The van der Waals surface area contributed by atoms with E-state index in [-0.39, 0.29) is 6.42 Å². The van der Waals surface area contributed by atoms with Crippen LogP contribution in [0.15, 0.2) is 0 Å². The summed E-state index contributed by atoms with van der Waals surface area (Å²) in [7, 11) is 0. The van der Waals surface area contributed by atoms with Crippen LogP contribution in [-0.4, -0.2) is 41.6 Å². The monoisotopic (exact) mass is 261 g/mol. The molecule has 0 aliphatic carbocycles. The molecule has 18 heavy (non-hydrogen) atoms. The number of rotatable bonds is 10. The van der Waals surface area contributed by atoms with Gasteiger partial charge in [-0.25, -0.2) is 4.79 Å². The standard InChI is InChI=1S/C12H27N3O3/c1-3-5-7-15(8-6-4-2)11(16)9-10(13)18-12(14)17/h10-11,16H,3-9,13H2,1-2H3,(H2,14,17). The fourth-order valence-corrected chi connectivity index (χ4v) is 1.69. The van der Waals surface area contributed by atoms with Gasteiger partial charge in [-0.05, 0) is 12.8 Å². The molecule has 0 rings (SSSR count). The molecular formula is C12H27N3O3. The predicted octanol–water partition coefficient (Wildman–Crippen LogP) is 0.977. The zero-order chi connectivity index (χ0) is 14.0. The van der Waals surface area contributed by atoms with Crippen LogP contribution in [0.4, 0.5) is 4.79 Å². The van der Waals surface area contributed by atoms with Gasteiger partial charge in [0.1, 0.15) is 6.23 Å². The molecule has 0 fully saturated rings. The van der Waals surface area contributed by atoms with Gasteiger partial charge in [-0.1, -0.05) is 26.7 Å². The van der Waals surface area contributed by atoms with E-state index in [1.165, 1.54) is 0 Å². The number of nitrogens with two attached hydrogens (primary N) is 2. The molecule has 0 aromatic heterocycles. The summed E-state index contributed by atoms with van der Waals surface area (Å²) in [4.78, 5) is 12.5. The van der Waals surface area contributed by atoms with Gasteiger partial charge in [0.15, 0.2) is 6.23 Å². The van der Waals surface area contributed by atoms with E-state index in [9.17, 15) is 9.90 Å². The SMILES string of the molecule is CCCCN(CCCC)C(O)CC(N)OC(N)=O. The Morgan fingerprint density at radius 3 is 2.17 bits per heavy atom. The molecule has 6 nitrogen and oxygen atoms in total. The summed E-state index contributed by atoms with van der Waals surface area (Å²) in [5, 5.41) is 10.1. The molecule has 0 aliphatic rings. The van der Waals surface area contributed by atoms with Crippen molar-refractivity contribution >= 4 is 6.09 Å². The fourth-order valence-electron chi connectivity index (χ4n) is 1.69. The Hall–Kier alpha value is -0.850. The maximum absolute atomic E-state index is 10.5. The van der Waals surface area contributed by atoms with Crippen LogP contribution in [0, 0.1) is 0 Å². The van der Waals surface area contributed by atoms with E-state index in [0.717, 1.165) is 38.8 Å². The van der Waals surface area contributed by atoms with Crippen LogP contribution in [-0.2, 0) is 4.74 Å². The van der Waals surface area contributed by atoms with Gasteiger partial charge in [-0.2, -0.15) is 0 Å². The Labute approximate surface area is 109 Å². The van der Waals surface area contributed by atoms with Gasteiger partial charge < -0.3 is 15.6 Å². The van der Waals surface area contributed by atoms with E-state index < -0.39 is 18.5 Å². The molecule has 0 saturated heterocycles. The van der Waals surface area contributed by atoms with Crippen molar-refractivity contribution in [3.8, 4) is 0 Å². The van der Waals surface area contributed by atoms with Crippen molar-refractivity contribution in [3.63, 3.8) is 0 Å². The molecule has 2 atom stereocenters. The van der Waals surface area contributed by atoms with Gasteiger partial charge >= 0.3 is 6.09 Å². The summed E-state index contributed by atoms with van der Waals surface area (Å²) in [5.74, 6) is 0. The van der Waals surface area contributed by atoms with E-state index in [0.29, 0.717) is 0 Å². The smallest absolute Gasteiger partial charge is 0.406 e. The fraction of sp³-hybridized carbons (Fsp3) is 0.917. The van der Waals surface area contributed by atoms with Gasteiger partial charge in [0, 0.05) is 19.5 Å². The molecule has 6 heteroatoms. The van der Waals surface area contributed by atoms with Crippen LogP contribution in [0.3, 0.4) is 0 Å². The minimum absolute atomic E-state index is 0.177. The van der Waals surface area contributed by atoms with E-state index in [2.05, 4.69) is 18.6 Å². The highest BCUT2D eigenvalue weighted by Crippen LogP contribution is 2.08. The number of primary amides is 1. The Balaban J connectivity index is 4.16. The van der Waals surface area contributed by atoms with E-state index >= 15 is 0 Å². The van der Waals surface area contributed by atoms with Gasteiger partial charge in [0.2, 0.25) is 0 Å². The van der Waals surface area contributed by atoms with Crippen LogP contribution in [0.5, 0.6) is 0 Å². The van der Waals surface area contributed by atoms with Crippen molar-refractivity contribution in [2.45, 2.75) is 58.4 Å². The second kappa shape index (κ2) is 10.1. The highest BCUT2D eigenvalue weighted by molar-refractivity contribution is 5.64. The van der Waals surface area contributed by atoms with Crippen molar-refractivity contribution in [1.29, 1.82) is 0 Å². The number of carbonyl (C=O) groups excluding carboxylic acids is 1. The second-order valence-electron chi connectivity index (χ2n) is 4.43. The first-order valence-electron chi connectivity index (χ1n) is 6.65. The van der Waals surface area contributed by atoms with Crippen LogP contribution in [0.25, 0.3) is 0 Å². The molecule has 108 valence electrons. The Kier molecular flexibility index (Phi) is 9.63. The normalized spacial score (nSPS) is 14.5. The maximum Gasteiger partial charge on any atom is 0.406 e. The van der Waals surface area contributed by atoms with Crippen molar-refractivity contribution < 1.29 is 14.6 Å². The molecule has 0 heterocycles. The zero-order valence-corrected chi connectivity index (χ0v) is 11.5. The van der Waals surface area contributed by atoms with E-state index in [1.54, 1.807) is 0 Å². The van der Waals surface area contributed by atoms with Gasteiger partial charge in [0.05, 0.1) is 0 Å². The molecule has 1 amide bonds. The number of aliphatic hydroxyl groups excluding tert-OH is 1. The molecule has 0 aliphatic heterocycles. The number of nitrogens with zero attached hydrogens (tertiary/aromatic N) is 1. The average molecular weight is 261 g/mol. The quantitative estimate of drug-likeness (QED) is 0.509. The molecular weight excluding hydrogens is 234 g/mol. The van der Waals surface area contributed by atoms with E-state index in [1.807, 2.05) is 4.90 Å². The lowest BCUT2D eigenvalue weighted by Crippen LogP contribution is -2.42. The van der Waals surface area contributed by atoms with Crippen molar-refractivity contribution in [1.82, 2.24) is 4.90 Å². The number of hydrogen-bond acceptors (Lipinski definition) is 5. The predicted molar refractivity (Wildman–Crippen MR) is 70.7 cm³/mol. The Bertz CT molecular complexity index is 219. The topological polar surface area (TPSA) is 102 Å². The van der Waals surface area contributed by atoms with Crippen molar-refractivity contribution in [2.24, 2.45) is 11.5 Å². The molecule has 0 bridgehead atoms. The molecule has 0 radical (unpaired) electrons. The van der Waals surface area contributed by atoms with Gasteiger partial charge in [-0.3, -0.25) is 10.6 Å². The summed E-state index contributed by atoms with van der Waals surface area (Å²) >= 11 is 0. The molecule has 0 spiro atoms. The average Bonchev–Trinajstić information content (AvgIpc) is 2.27. The lowest BCUT2D eigenvalue weighted by atomic mass is 10.2. The van der Waals surface area contributed by atoms with Crippen LogP contribution in [0.1, 0.15) is 46.0 Å². The molecule has 2 unspecified atom stereocenters.